The molecule has 3 amide bonds. The van der Waals surface area contributed by atoms with Crippen molar-refractivity contribution in [3.63, 3.8) is 0 Å². The van der Waals surface area contributed by atoms with Gasteiger partial charge in [-0.25, -0.2) is 17.1 Å². The molecule has 0 bridgehead atoms. The lowest BCUT2D eigenvalue weighted by atomic mass is 10.1. The molecule has 1 aliphatic heterocycles. The van der Waals surface area contributed by atoms with E-state index >= 15 is 0 Å². The zero-order chi connectivity index (χ0) is 25.6. The number of rotatable bonds is 11. The topological polar surface area (TPSA) is 104 Å². The number of carbonyl (C=O) groups is 3. The number of nitrogens with zero attached hydrogens (tertiary/aromatic N) is 2. The van der Waals surface area contributed by atoms with Crippen molar-refractivity contribution in [3.8, 4) is 0 Å². The standard InChI is InChI=1S/C25H30FN3O5S/c1-3-4-15-27-24(31)18(2)28(17-19-11-13-20(26)14-12-19)23(30)10-7-16-29-25(32)21-8-5-6-9-22(21)35(29,33)34/h5-6,8-9,11-14,18H,3-4,7,10,15-17H2,1-2H3,(H,27,31)/t18-/m0/s1. The monoisotopic (exact) mass is 503 g/mol. The minimum absolute atomic E-state index is 0.0355. The summed E-state index contributed by atoms with van der Waals surface area (Å²) in [6, 6.07) is 10.9. The molecule has 0 saturated heterocycles. The molecular weight excluding hydrogens is 473 g/mol. The van der Waals surface area contributed by atoms with Crippen LogP contribution < -0.4 is 5.32 Å². The number of hydrogen-bond donors (Lipinski definition) is 1. The van der Waals surface area contributed by atoms with Crippen LogP contribution in [0.1, 0.15) is 55.5 Å². The predicted molar refractivity (Wildman–Crippen MR) is 128 cm³/mol. The average Bonchev–Trinajstić information content (AvgIpc) is 3.04. The van der Waals surface area contributed by atoms with Crippen molar-refractivity contribution in [3.05, 3.63) is 65.5 Å². The molecule has 1 aliphatic rings. The number of unbranched alkanes of at least 4 members (excludes halogenated alkanes) is 1. The van der Waals surface area contributed by atoms with Gasteiger partial charge >= 0.3 is 0 Å². The van der Waals surface area contributed by atoms with E-state index in [1.54, 1.807) is 31.2 Å². The molecule has 0 fully saturated rings. The molecule has 0 aliphatic carbocycles. The molecule has 0 unspecified atom stereocenters. The summed E-state index contributed by atoms with van der Waals surface area (Å²) in [7, 11) is -3.95. The fourth-order valence-corrected chi connectivity index (χ4v) is 5.48. The van der Waals surface area contributed by atoms with Crippen LogP contribution in [0.5, 0.6) is 0 Å². The van der Waals surface area contributed by atoms with Crippen LogP contribution in [0.3, 0.4) is 0 Å². The van der Waals surface area contributed by atoms with E-state index in [0.29, 0.717) is 12.1 Å². The molecule has 35 heavy (non-hydrogen) atoms. The molecule has 0 aromatic heterocycles. The molecule has 0 radical (unpaired) electrons. The van der Waals surface area contributed by atoms with Crippen LogP contribution in [0.4, 0.5) is 4.39 Å². The Kier molecular flexibility index (Phi) is 8.61. The first-order valence-electron chi connectivity index (χ1n) is 11.6. The second-order valence-corrected chi connectivity index (χ2v) is 10.3. The molecule has 3 rings (SSSR count). The third-order valence-electron chi connectivity index (χ3n) is 5.93. The summed E-state index contributed by atoms with van der Waals surface area (Å²) in [5.74, 6) is -1.69. The Labute approximate surface area is 205 Å². The molecule has 10 heteroatoms. The van der Waals surface area contributed by atoms with Gasteiger partial charge in [0.2, 0.25) is 11.8 Å². The smallest absolute Gasteiger partial charge is 0.269 e. The highest BCUT2D eigenvalue weighted by molar-refractivity contribution is 7.90. The van der Waals surface area contributed by atoms with Gasteiger partial charge < -0.3 is 10.2 Å². The van der Waals surface area contributed by atoms with E-state index < -0.39 is 27.8 Å². The SMILES string of the molecule is CCCCNC(=O)[C@H](C)N(Cc1ccc(F)cc1)C(=O)CCCN1C(=O)c2ccccc2S1(=O)=O. The van der Waals surface area contributed by atoms with Crippen LogP contribution in [0, 0.1) is 5.82 Å². The van der Waals surface area contributed by atoms with Gasteiger partial charge in [-0.2, -0.15) is 0 Å². The van der Waals surface area contributed by atoms with Gasteiger partial charge in [0.15, 0.2) is 0 Å². The maximum atomic E-state index is 13.3. The zero-order valence-corrected chi connectivity index (χ0v) is 20.7. The third kappa shape index (κ3) is 6.05. The minimum atomic E-state index is -3.95. The largest absolute Gasteiger partial charge is 0.354 e. The number of fused-ring (bicyclic) bond motifs is 1. The van der Waals surface area contributed by atoms with Crippen LogP contribution in [0.25, 0.3) is 0 Å². The Morgan fingerprint density at radius 3 is 2.43 bits per heavy atom. The van der Waals surface area contributed by atoms with Crippen molar-refractivity contribution in [2.45, 2.75) is 57.0 Å². The molecule has 8 nitrogen and oxygen atoms in total. The first-order valence-corrected chi connectivity index (χ1v) is 13.1. The summed E-state index contributed by atoms with van der Waals surface area (Å²) in [5, 5.41) is 2.82. The number of sulfonamides is 1. The van der Waals surface area contributed by atoms with Crippen molar-refractivity contribution >= 4 is 27.7 Å². The van der Waals surface area contributed by atoms with Crippen LogP contribution in [-0.4, -0.2) is 54.5 Å². The Morgan fingerprint density at radius 1 is 1.09 bits per heavy atom. The number of nitrogens with one attached hydrogen (secondary N) is 1. The molecule has 1 N–H and O–H groups in total. The van der Waals surface area contributed by atoms with E-state index in [0.717, 1.165) is 17.1 Å². The van der Waals surface area contributed by atoms with Crippen LogP contribution in [0.15, 0.2) is 53.4 Å². The van der Waals surface area contributed by atoms with Gasteiger partial charge in [-0.1, -0.05) is 37.6 Å². The lowest BCUT2D eigenvalue weighted by Gasteiger charge is -2.29. The van der Waals surface area contributed by atoms with Gasteiger partial charge in [0.25, 0.3) is 15.9 Å². The highest BCUT2D eigenvalue weighted by Crippen LogP contribution is 2.30. The van der Waals surface area contributed by atoms with Gasteiger partial charge in [0.05, 0.1) is 5.56 Å². The number of hydrogen-bond acceptors (Lipinski definition) is 5. The van der Waals surface area contributed by atoms with E-state index in [9.17, 15) is 27.2 Å². The van der Waals surface area contributed by atoms with Gasteiger partial charge in [0.1, 0.15) is 16.8 Å². The summed E-state index contributed by atoms with van der Waals surface area (Å²) < 4.78 is 39.6. The average molecular weight is 504 g/mol. The molecule has 0 saturated carbocycles. The normalized spacial score (nSPS) is 14.9. The van der Waals surface area contributed by atoms with Gasteiger partial charge in [-0.05, 0) is 49.6 Å². The van der Waals surface area contributed by atoms with E-state index in [1.807, 2.05) is 6.92 Å². The summed E-state index contributed by atoms with van der Waals surface area (Å²) in [6.45, 7) is 4.06. The molecule has 188 valence electrons. The minimum Gasteiger partial charge on any atom is -0.354 e. The first kappa shape index (κ1) is 26.3. The molecule has 1 atom stereocenters. The number of halogens is 1. The van der Waals surface area contributed by atoms with Gasteiger partial charge in [-0.3, -0.25) is 14.4 Å². The molecule has 1 heterocycles. The van der Waals surface area contributed by atoms with Crippen molar-refractivity contribution in [1.82, 2.24) is 14.5 Å². The van der Waals surface area contributed by atoms with Crippen molar-refractivity contribution in [1.29, 1.82) is 0 Å². The lowest BCUT2D eigenvalue weighted by Crippen LogP contribution is -2.47. The van der Waals surface area contributed by atoms with E-state index in [2.05, 4.69) is 5.32 Å². The summed E-state index contributed by atoms with van der Waals surface area (Å²) >= 11 is 0. The van der Waals surface area contributed by atoms with Crippen molar-refractivity contribution in [2.75, 3.05) is 13.1 Å². The Hall–Kier alpha value is -3.27. The van der Waals surface area contributed by atoms with Crippen LogP contribution in [0.2, 0.25) is 0 Å². The Morgan fingerprint density at radius 2 is 1.77 bits per heavy atom. The fraction of sp³-hybridized carbons (Fsp3) is 0.400. The Balaban J connectivity index is 1.68. The highest BCUT2D eigenvalue weighted by atomic mass is 32.2. The van der Waals surface area contributed by atoms with Gasteiger partial charge in [-0.15, -0.1) is 0 Å². The molecule has 2 aromatic carbocycles. The third-order valence-corrected chi connectivity index (χ3v) is 7.77. The molecule has 2 aromatic rings. The second-order valence-electron chi connectivity index (χ2n) is 8.45. The van der Waals surface area contributed by atoms with Crippen molar-refractivity contribution in [2.24, 2.45) is 0 Å². The predicted octanol–water partition coefficient (Wildman–Crippen LogP) is 3.08. The number of benzene rings is 2. The maximum absolute atomic E-state index is 13.3. The first-order chi connectivity index (χ1) is 16.7. The number of carbonyl (C=O) groups excluding carboxylic acids is 3. The zero-order valence-electron chi connectivity index (χ0n) is 19.9. The second kappa shape index (κ2) is 11.4. The molecule has 0 spiro atoms. The fourth-order valence-electron chi connectivity index (χ4n) is 3.87. The van der Waals surface area contributed by atoms with E-state index in [1.165, 1.54) is 29.2 Å². The van der Waals surface area contributed by atoms with Gasteiger partial charge in [0, 0.05) is 26.1 Å². The summed E-state index contributed by atoms with van der Waals surface area (Å²) in [4.78, 5) is 39.7. The van der Waals surface area contributed by atoms with E-state index in [-0.39, 0.29) is 48.2 Å². The van der Waals surface area contributed by atoms with Crippen LogP contribution in [-0.2, 0) is 26.2 Å². The highest BCUT2D eigenvalue weighted by Gasteiger charge is 2.40. The summed E-state index contributed by atoms with van der Waals surface area (Å²) in [6.07, 6.45) is 1.76. The molecular formula is C25H30FN3O5S. The summed E-state index contributed by atoms with van der Waals surface area (Å²) in [5.41, 5.74) is 0.773. The van der Waals surface area contributed by atoms with Crippen molar-refractivity contribution < 1.29 is 27.2 Å². The quantitative estimate of drug-likeness (QED) is 0.475. The number of amides is 3. The lowest BCUT2D eigenvalue weighted by molar-refractivity contribution is -0.140. The Bertz CT molecular complexity index is 1180. The van der Waals surface area contributed by atoms with E-state index in [4.69, 9.17) is 0 Å². The van der Waals surface area contributed by atoms with Crippen LogP contribution >= 0.6 is 0 Å². The maximum Gasteiger partial charge on any atom is 0.269 e.